The molecule has 6 heteroatoms. The summed E-state index contributed by atoms with van der Waals surface area (Å²) in [6.07, 6.45) is 1.42. The van der Waals surface area contributed by atoms with Gasteiger partial charge in [0, 0.05) is 36.8 Å². The lowest BCUT2D eigenvalue weighted by Gasteiger charge is -2.08. The quantitative estimate of drug-likeness (QED) is 0.665. The standard InChI is InChI=1S/C22H21N3O2S/c26-22(20-14-18(25-27-20)13-16-7-3-1-4-8-16)23-12-11-21-24-19(15-28-21)17-9-5-2-6-10-17/h1-10,15,20H,11-14H2,(H,23,26)/t20-/m1/s1. The number of nitrogens with zero attached hydrogens (tertiary/aromatic N) is 2. The summed E-state index contributed by atoms with van der Waals surface area (Å²) < 4.78 is 0. The minimum Gasteiger partial charge on any atom is -0.382 e. The smallest absolute Gasteiger partial charge is 0.264 e. The molecular weight excluding hydrogens is 370 g/mol. The van der Waals surface area contributed by atoms with Crippen LogP contribution in [0.1, 0.15) is 17.0 Å². The van der Waals surface area contributed by atoms with Crippen molar-refractivity contribution in [3.8, 4) is 11.3 Å². The monoisotopic (exact) mass is 391 g/mol. The van der Waals surface area contributed by atoms with E-state index in [-0.39, 0.29) is 5.91 Å². The molecule has 2 heterocycles. The number of oxime groups is 1. The van der Waals surface area contributed by atoms with Gasteiger partial charge in [-0.15, -0.1) is 11.3 Å². The Morgan fingerprint density at radius 2 is 1.86 bits per heavy atom. The second-order valence-electron chi connectivity index (χ2n) is 6.65. The van der Waals surface area contributed by atoms with E-state index in [1.807, 2.05) is 60.7 Å². The number of hydrogen-bond donors (Lipinski definition) is 1. The fraction of sp³-hybridized carbons (Fsp3) is 0.227. The molecule has 142 valence electrons. The van der Waals surface area contributed by atoms with E-state index < -0.39 is 6.10 Å². The molecule has 1 aromatic heterocycles. The van der Waals surface area contributed by atoms with Crippen LogP contribution in [0.3, 0.4) is 0 Å². The summed E-state index contributed by atoms with van der Waals surface area (Å²) in [6.45, 7) is 0.536. The van der Waals surface area contributed by atoms with E-state index in [1.54, 1.807) is 11.3 Å². The molecule has 1 aliphatic rings. The number of hydrogen-bond acceptors (Lipinski definition) is 5. The largest absolute Gasteiger partial charge is 0.382 e. The van der Waals surface area contributed by atoms with Crippen molar-refractivity contribution >= 4 is 23.0 Å². The van der Waals surface area contributed by atoms with Crippen molar-refractivity contribution in [2.75, 3.05) is 6.54 Å². The lowest BCUT2D eigenvalue weighted by molar-refractivity contribution is -0.131. The number of nitrogens with one attached hydrogen (secondary N) is 1. The Labute approximate surface area is 168 Å². The predicted molar refractivity (Wildman–Crippen MR) is 111 cm³/mol. The van der Waals surface area contributed by atoms with E-state index in [1.165, 1.54) is 5.56 Å². The molecule has 2 aromatic carbocycles. The first-order chi connectivity index (χ1) is 13.8. The number of carbonyl (C=O) groups is 1. The second kappa shape index (κ2) is 8.80. The van der Waals surface area contributed by atoms with Gasteiger partial charge in [-0.1, -0.05) is 65.8 Å². The number of aromatic nitrogens is 1. The van der Waals surface area contributed by atoms with Crippen molar-refractivity contribution in [1.29, 1.82) is 0 Å². The summed E-state index contributed by atoms with van der Waals surface area (Å²) in [7, 11) is 0. The zero-order valence-corrected chi connectivity index (χ0v) is 16.2. The molecule has 1 aliphatic heterocycles. The van der Waals surface area contributed by atoms with Crippen molar-refractivity contribution in [2.24, 2.45) is 5.16 Å². The fourth-order valence-corrected chi connectivity index (χ4v) is 3.88. The third-order valence-corrected chi connectivity index (χ3v) is 5.44. The van der Waals surface area contributed by atoms with Crippen LogP contribution in [0.5, 0.6) is 0 Å². The van der Waals surface area contributed by atoms with E-state index in [0.29, 0.717) is 25.8 Å². The molecule has 0 fully saturated rings. The van der Waals surface area contributed by atoms with Gasteiger partial charge in [0.15, 0.2) is 0 Å². The molecule has 0 aliphatic carbocycles. The second-order valence-corrected chi connectivity index (χ2v) is 7.59. The van der Waals surface area contributed by atoms with Crippen LogP contribution in [0.25, 0.3) is 11.3 Å². The van der Waals surface area contributed by atoms with Gasteiger partial charge in [-0.3, -0.25) is 4.79 Å². The molecule has 0 saturated carbocycles. The van der Waals surface area contributed by atoms with Gasteiger partial charge in [0.25, 0.3) is 5.91 Å². The first kappa shape index (κ1) is 18.4. The van der Waals surface area contributed by atoms with Crippen LogP contribution in [0.2, 0.25) is 0 Å². The Morgan fingerprint density at radius 3 is 2.64 bits per heavy atom. The summed E-state index contributed by atoms with van der Waals surface area (Å²) in [4.78, 5) is 22.3. The molecule has 28 heavy (non-hydrogen) atoms. The molecule has 1 atom stereocenters. The third-order valence-electron chi connectivity index (χ3n) is 4.53. The van der Waals surface area contributed by atoms with Crippen molar-refractivity contribution in [3.63, 3.8) is 0 Å². The van der Waals surface area contributed by atoms with E-state index >= 15 is 0 Å². The van der Waals surface area contributed by atoms with Gasteiger partial charge in [-0.05, 0) is 5.56 Å². The summed E-state index contributed by atoms with van der Waals surface area (Å²) in [5, 5.41) is 10.1. The maximum Gasteiger partial charge on any atom is 0.264 e. The Morgan fingerprint density at radius 1 is 1.11 bits per heavy atom. The Balaban J connectivity index is 1.22. The van der Waals surface area contributed by atoms with E-state index in [4.69, 9.17) is 4.84 Å². The molecule has 5 nitrogen and oxygen atoms in total. The topological polar surface area (TPSA) is 63.6 Å². The first-order valence-corrected chi connectivity index (χ1v) is 10.2. The summed E-state index contributed by atoms with van der Waals surface area (Å²) >= 11 is 1.61. The Kier molecular flexibility index (Phi) is 5.77. The van der Waals surface area contributed by atoms with E-state index in [9.17, 15) is 4.79 Å². The van der Waals surface area contributed by atoms with Gasteiger partial charge in [0.1, 0.15) is 0 Å². The zero-order chi connectivity index (χ0) is 19.2. The molecule has 0 saturated heterocycles. The first-order valence-electron chi connectivity index (χ1n) is 9.31. The third kappa shape index (κ3) is 4.64. The van der Waals surface area contributed by atoms with Gasteiger partial charge in [-0.2, -0.15) is 0 Å². The molecular formula is C22H21N3O2S. The van der Waals surface area contributed by atoms with Crippen LogP contribution in [-0.4, -0.2) is 29.3 Å². The van der Waals surface area contributed by atoms with Gasteiger partial charge in [0.2, 0.25) is 6.10 Å². The molecule has 1 N–H and O–H groups in total. The number of benzene rings is 2. The van der Waals surface area contributed by atoms with Gasteiger partial charge in [0.05, 0.1) is 16.4 Å². The Bertz CT molecular complexity index is 954. The van der Waals surface area contributed by atoms with Crippen LogP contribution in [0.4, 0.5) is 0 Å². The van der Waals surface area contributed by atoms with E-state index in [0.717, 1.165) is 22.0 Å². The van der Waals surface area contributed by atoms with Crippen LogP contribution >= 0.6 is 11.3 Å². The number of carbonyl (C=O) groups excluding carboxylic acids is 1. The van der Waals surface area contributed by atoms with Crippen molar-refractivity contribution < 1.29 is 9.63 Å². The zero-order valence-electron chi connectivity index (χ0n) is 15.4. The lowest BCUT2D eigenvalue weighted by Crippen LogP contribution is -2.36. The molecule has 3 aromatic rings. The SMILES string of the molecule is O=C(NCCc1nc(-c2ccccc2)cs1)[C@H]1CC(Cc2ccccc2)=NO1. The molecule has 0 radical (unpaired) electrons. The number of thiazole rings is 1. The van der Waals surface area contributed by atoms with Gasteiger partial charge < -0.3 is 10.2 Å². The summed E-state index contributed by atoms with van der Waals surface area (Å²) in [5.41, 5.74) is 4.16. The van der Waals surface area contributed by atoms with Crippen molar-refractivity contribution in [2.45, 2.75) is 25.4 Å². The van der Waals surface area contributed by atoms with Crippen molar-refractivity contribution in [1.82, 2.24) is 10.3 Å². The molecule has 1 amide bonds. The fourth-order valence-electron chi connectivity index (χ4n) is 3.08. The lowest BCUT2D eigenvalue weighted by atomic mass is 10.0. The number of rotatable bonds is 7. The van der Waals surface area contributed by atoms with Gasteiger partial charge in [-0.25, -0.2) is 4.98 Å². The average molecular weight is 391 g/mol. The predicted octanol–water partition coefficient (Wildman–Crippen LogP) is 3.86. The molecule has 0 spiro atoms. The number of amides is 1. The van der Waals surface area contributed by atoms with Crippen LogP contribution < -0.4 is 5.32 Å². The van der Waals surface area contributed by atoms with Crippen LogP contribution in [0, 0.1) is 0 Å². The minimum atomic E-state index is -0.533. The highest BCUT2D eigenvalue weighted by atomic mass is 32.1. The highest BCUT2D eigenvalue weighted by Gasteiger charge is 2.27. The summed E-state index contributed by atoms with van der Waals surface area (Å²) in [5.74, 6) is -0.119. The van der Waals surface area contributed by atoms with Crippen molar-refractivity contribution in [3.05, 3.63) is 76.6 Å². The van der Waals surface area contributed by atoms with Crippen LogP contribution in [-0.2, 0) is 22.5 Å². The highest BCUT2D eigenvalue weighted by Crippen LogP contribution is 2.21. The minimum absolute atomic E-state index is 0.119. The normalized spacial score (nSPS) is 15.7. The molecule has 0 unspecified atom stereocenters. The van der Waals surface area contributed by atoms with Crippen LogP contribution in [0.15, 0.2) is 71.2 Å². The van der Waals surface area contributed by atoms with Gasteiger partial charge >= 0.3 is 0 Å². The maximum atomic E-state index is 12.3. The average Bonchev–Trinajstić information content (AvgIpc) is 3.39. The maximum absolute atomic E-state index is 12.3. The molecule has 4 rings (SSSR count). The highest BCUT2D eigenvalue weighted by molar-refractivity contribution is 7.09. The molecule has 0 bridgehead atoms. The summed E-state index contributed by atoms with van der Waals surface area (Å²) in [6, 6.07) is 20.2. The Hall–Kier alpha value is -2.99. The van der Waals surface area contributed by atoms with E-state index in [2.05, 4.69) is 20.8 Å².